The molecular formula is C7H16N2O2S2. The molecule has 0 spiro atoms. The quantitative estimate of drug-likeness (QED) is 0.465. The summed E-state index contributed by atoms with van der Waals surface area (Å²) in [6.45, 7) is 2.31. The number of aliphatic hydroxyl groups excluding tert-OH is 2. The fraction of sp³-hybridized carbons (Fsp3) is 0.714. The Morgan fingerprint density at radius 3 is 1.31 bits per heavy atom. The van der Waals surface area contributed by atoms with Crippen molar-refractivity contribution in [3.05, 3.63) is 0 Å². The number of nitrogens with two attached hydrogens (primary N) is 2. The van der Waals surface area contributed by atoms with Gasteiger partial charge in [0.15, 0.2) is 0 Å². The van der Waals surface area contributed by atoms with Gasteiger partial charge in [0.2, 0.25) is 0 Å². The summed E-state index contributed by atoms with van der Waals surface area (Å²) in [4.78, 5) is 0. The van der Waals surface area contributed by atoms with E-state index in [4.69, 9.17) is 10.2 Å². The van der Waals surface area contributed by atoms with Crippen LogP contribution in [0.5, 0.6) is 0 Å². The van der Waals surface area contributed by atoms with Crippen LogP contribution in [0.25, 0.3) is 0 Å². The van der Waals surface area contributed by atoms with Crippen molar-refractivity contribution >= 4 is 34.8 Å². The highest BCUT2D eigenvalue weighted by Gasteiger charge is 2.09. The second kappa shape index (κ2) is 9.47. The minimum absolute atomic E-state index is 0.500. The zero-order valence-electron chi connectivity index (χ0n) is 7.56. The topological polar surface area (TPSA) is 92.5 Å². The molecule has 1 fully saturated rings. The lowest BCUT2D eigenvalue weighted by molar-refractivity contribution is 0.346. The molecule has 0 heterocycles. The summed E-state index contributed by atoms with van der Waals surface area (Å²) in [6.07, 6.45) is 4.46. The largest absolute Gasteiger partial charge is 0.487 e. The van der Waals surface area contributed by atoms with Crippen LogP contribution in [0.15, 0.2) is 0 Å². The maximum Gasteiger partial charge on any atom is 0.251 e. The van der Waals surface area contributed by atoms with Crippen LogP contribution in [-0.4, -0.2) is 20.6 Å². The Labute approximate surface area is 88.9 Å². The Bertz CT molecular complexity index is 141. The van der Waals surface area contributed by atoms with Crippen LogP contribution in [0.4, 0.5) is 0 Å². The first-order chi connectivity index (χ1) is 5.86. The van der Waals surface area contributed by atoms with Gasteiger partial charge in [0.1, 0.15) is 0 Å². The molecule has 4 nitrogen and oxygen atoms in total. The van der Waals surface area contributed by atoms with Gasteiger partial charge in [-0.05, 0) is 30.4 Å². The van der Waals surface area contributed by atoms with Crippen LogP contribution >= 0.6 is 24.4 Å². The molecule has 0 aliphatic heterocycles. The smallest absolute Gasteiger partial charge is 0.251 e. The van der Waals surface area contributed by atoms with Gasteiger partial charge in [-0.3, -0.25) is 0 Å². The van der Waals surface area contributed by atoms with E-state index < -0.39 is 10.3 Å². The third-order valence-electron chi connectivity index (χ3n) is 1.39. The second-order valence-electron chi connectivity index (χ2n) is 2.71. The molecule has 6 heteroatoms. The van der Waals surface area contributed by atoms with Crippen LogP contribution in [0.2, 0.25) is 0 Å². The average molecular weight is 224 g/mol. The van der Waals surface area contributed by atoms with Crippen LogP contribution in [0, 0.1) is 5.92 Å². The number of aliphatic hydroxyl groups is 2. The lowest BCUT2D eigenvalue weighted by Crippen LogP contribution is -2.04. The fourth-order valence-electron chi connectivity index (χ4n) is 0.612. The summed E-state index contributed by atoms with van der Waals surface area (Å²) in [5, 5.41) is 14.1. The average Bonchev–Trinajstić information content (AvgIpc) is 1.80. The highest BCUT2D eigenvalue weighted by Crippen LogP contribution is 2.24. The molecule has 1 aliphatic rings. The van der Waals surface area contributed by atoms with Crippen molar-refractivity contribution in [3.63, 3.8) is 0 Å². The van der Waals surface area contributed by atoms with Gasteiger partial charge in [-0.2, -0.15) is 0 Å². The molecule has 0 saturated heterocycles. The van der Waals surface area contributed by atoms with Crippen molar-refractivity contribution < 1.29 is 10.2 Å². The lowest BCUT2D eigenvalue weighted by atomic mass is 9.88. The van der Waals surface area contributed by atoms with E-state index in [1.54, 1.807) is 0 Å². The number of hydrogen-bond acceptors (Lipinski definition) is 2. The van der Waals surface area contributed by atoms with Crippen LogP contribution in [0.1, 0.15) is 26.2 Å². The number of hydrogen-bond donors (Lipinski definition) is 4. The van der Waals surface area contributed by atoms with E-state index in [9.17, 15) is 0 Å². The molecule has 0 amide bonds. The van der Waals surface area contributed by atoms with Crippen LogP contribution in [0.3, 0.4) is 0 Å². The predicted molar refractivity (Wildman–Crippen MR) is 61.8 cm³/mol. The summed E-state index contributed by atoms with van der Waals surface area (Å²) in [5.41, 5.74) is 8.80. The highest BCUT2D eigenvalue weighted by atomic mass is 32.1. The van der Waals surface area contributed by atoms with Gasteiger partial charge in [0.05, 0.1) is 0 Å². The van der Waals surface area contributed by atoms with Crippen LogP contribution < -0.4 is 11.5 Å². The van der Waals surface area contributed by atoms with Crippen molar-refractivity contribution in [3.8, 4) is 0 Å². The van der Waals surface area contributed by atoms with Gasteiger partial charge in [-0.15, -0.1) is 0 Å². The van der Waals surface area contributed by atoms with Crippen molar-refractivity contribution in [1.82, 2.24) is 0 Å². The standard InChI is InChI=1S/C5H10.2CH3NOS/c1-5-3-2-4-5;2*2-1(3)4/h5H,2-4H2,1H3;2*(H3,2,3,4). The minimum atomic E-state index is -0.500. The fourth-order valence-corrected chi connectivity index (χ4v) is 0.612. The molecule has 0 atom stereocenters. The summed E-state index contributed by atoms with van der Waals surface area (Å²) in [6, 6.07) is 0. The maximum atomic E-state index is 7.56. The van der Waals surface area contributed by atoms with Gasteiger partial charge in [0.25, 0.3) is 10.3 Å². The van der Waals surface area contributed by atoms with E-state index in [-0.39, 0.29) is 0 Å². The normalized spacial score (nSPS) is 13.6. The molecular weight excluding hydrogens is 208 g/mol. The highest BCUT2D eigenvalue weighted by molar-refractivity contribution is 7.80. The van der Waals surface area contributed by atoms with Crippen LogP contribution in [-0.2, 0) is 0 Å². The summed E-state index contributed by atoms with van der Waals surface area (Å²) in [7, 11) is 0. The Hall–Kier alpha value is -0.620. The molecule has 1 saturated carbocycles. The van der Waals surface area contributed by atoms with Crippen molar-refractivity contribution in [2.24, 2.45) is 17.4 Å². The number of thiocarbonyl (C=S) groups is 2. The maximum absolute atomic E-state index is 7.56. The lowest BCUT2D eigenvalue weighted by Gasteiger charge is -2.18. The molecule has 0 aromatic rings. The molecule has 0 aromatic carbocycles. The SMILES string of the molecule is CC1CCC1.NC(O)=S.NC(O)=S. The molecule has 78 valence electrons. The molecule has 1 rings (SSSR count). The third kappa shape index (κ3) is 34.6. The van der Waals surface area contributed by atoms with Crippen molar-refractivity contribution in [2.45, 2.75) is 26.2 Å². The van der Waals surface area contributed by atoms with Crippen molar-refractivity contribution in [1.29, 1.82) is 0 Å². The molecule has 0 unspecified atom stereocenters. The summed E-state index contributed by atoms with van der Waals surface area (Å²) < 4.78 is 0. The molecule has 0 bridgehead atoms. The van der Waals surface area contributed by atoms with Crippen molar-refractivity contribution in [2.75, 3.05) is 0 Å². The molecule has 13 heavy (non-hydrogen) atoms. The molecule has 6 N–H and O–H groups in total. The molecule has 1 aliphatic carbocycles. The minimum Gasteiger partial charge on any atom is -0.487 e. The first-order valence-corrected chi connectivity index (χ1v) is 4.64. The Morgan fingerprint density at radius 1 is 1.15 bits per heavy atom. The second-order valence-corrected chi connectivity index (χ2v) is 3.55. The van der Waals surface area contributed by atoms with Gasteiger partial charge < -0.3 is 21.7 Å². The van der Waals surface area contributed by atoms with E-state index in [1.165, 1.54) is 19.3 Å². The predicted octanol–water partition coefficient (Wildman–Crippen LogP) is 1.38. The molecule has 0 radical (unpaired) electrons. The number of rotatable bonds is 0. The first kappa shape index (κ1) is 14.9. The third-order valence-corrected chi connectivity index (χ3v) is 1.39. The van der Waals surface area contributed by atoms with E-state index >= 15 is 0 Å². The van der Waals surface area contributed by atoms with Gasteiger partial charge in [0, 0.05) is 0 Å². The Morgan fingerprint density at radius 2 is 1.31 bits per heavy atom. The van der Waals surface area contributed by atoms with Gasteiger partial charge in [-0.25, -0.2) is 0 Å². The Kier molecular flexibility index (Phi) is 10.8. The zero-order valence-corrected chi connectivity index (χ0v) is 9.20. The van der Waals surface area contributed by atoms with Gasteiger partial charge >= 0.3 is 0 Å². The summed E-state index contributed by atoms with van der Waals surface area (Å²) >= 11 is 7.74. The van der Waals surface area contributed by atoms with E-state index in [0.29, 0.717) is 0 Å². The van der Waals surface area contributed by atoms with E-state index in [1.807, 2.05) is 0 Å². The van der Waals surface area contributed by atoms with Gasteiger partial charge in [-0.1, -0.05) is 26.2 Å². The Balaban J connectivity index is 0. The molecule has 0 aromatic heterocycles. The van der Waals surface area contributed by atoms with E-state index in [2.05, 4.69) is 42.8 Å². The monoisotopic (exact) mass is 224 g/mol. The summed E-state index contributed by atoms with van der Waals surface area (Å²) in [5.74, 6) is 1.06. The first-order valence-electron chi connectivity index (χ1n) is 3.83. The van der Waals surface area contributed by atoms with E-state index in [0.717, 1.165) is 5.92 Å². The zero-order chi connectivity index (χ0) is 10.9.